The quantitative estimate of drug-likeness (QED) is 0.252. The molecule has 0 fully saturated rings. The lowest BCUT2D eigenvalue weighted by Crippen LogP contribution is -2.12. The predicted molar refractivity (Wildman–Crippen MR) is 149 cm³/mol. The average Bonchev–Trinajstić information content (AvgIpc) is 3.26. The second-order valence-corrected chi connectivity index (χ2v) is 10.0. The second-order valence-electron chi connectivity index (χ2n) is 8.59. The van der Waals surface area contributed by atoms with E-state index in [0.29, 0.717) is 15.4 Å². The Kier molecular flexibility index (Phi) is 6.09. The average molecular weight is 508 g/mol. The highest BCUT2D eigenvalue weighted by atomic mass is 35.5. The van der Waals surface area contributed by atoms with Gasteiger partial charge in [-0.1, -0.05) is 90.5 Å². The number of imidazole rings is 1. The first-order chi connectivity index (χ1) is 17.7. The van der Waals surface area contributed by atoms with Gasteiger partial charge < -0.3 is 9.55 Å². The van der Waals surface area contributed by atoms with Crippen molar-refractivity contribution in [2.24, 2.45) is 0 Å². The number of rotatable bonds is 6. The van der Waals surface area contributed by atoms with Crippen LogP contribution in [0.5, 0.6) is 0 Å². The standard InChI is InChI=1S/C30H22ClN3OS/c31-22-15-16-23-25(19-22)32-29(35)28(27(23)21-11-5-2-6-12-21)36-30-33-24-13-7-8-14-26(24)34(30)18-17-20-9-3-1-4-10-20/h1-16,19H,17-18H2,(H,32,35). The lowest BCUT2D eigenvalue weighted by atomic mass is 10.0. The van der Waals surface area contributed by atoms with Crippen molar-refractivity contribution in [2.75, 3.05) is 0 Å². The Hall–Kier alpha value is -3.80. The molecular weight excluding hydrogens is 486 g/mol. The summed E-state index contributed by atoms with van der Waals surface area (Å²) in [5, 5.41) is 2.32. The van der Waals surface area contributed by atoms with Gasteiger partial charge in [-0.05, 0) is 53.6 Å². The van der Waals surface area contributed by atoms with Gasteiger partial charge in [0.05, 0.1) is 21.4 Å². The highest BCUT2D eigenvalue weighted by Gasteiger charge is 2.20. The minimum Gasteiger partial charge on any atom is -0.321 e. The Morgan fingerprint density at radius 1 is 0.861 bits per heavy atom. The van der Waals surface area contributed by atoms with E-state index < -0.39 is 0 Å². The molecule has 0 atom stereocenters. The lowest BCUT2D eigenvalue weighted by Gasteiger charge is -2.14. The molecule has 6 aromatic rings. The molecule has 0 saturated carbocycles. The third kappa shape index (κ3) is 4.32. The van der Waals surface area contributed by atoms with E-state index >= 15 is 0 Å². The van der Waals surface area contributed by atoms with Gasteiger partial charge in [-0.2, -0.15) is 0 Å². The fourth-order valence-electron chi connectivity index (χ4n) is 4.57. The van der Waals surface area contributed by atoms with Crippen molar-refractivity contribution in [2.45, 2.75) is 23.0 Å². The van der Waals surface area contributed by atoms with Crippen molar-refractivity contribution in [3.8, 4) is 11.1 Å². The predicted octanol–water partition coefficient (Wildman–Crippen LogP) is 7.59. The van der Waals surface area contributed by atoms with E-state index in [-0.39, 0.29) is 5.56 Å². The smallest absolute Gasteiger partial charge is 0.263 e. The summed E-state index contributed by atoms with van der Waals surface area (Å²) in [7, 11) is 0. The number of hydrogen-bond acceptors (Lipinski definition) is 3. The van der Waals surface area contributed by atoms with E-state index in [0.717, 1.165) is 45.7 Å². The first-order valence-corrected chi connectivity index (χ1v) is 12.9. The summed E-state index contributed by atoms with van der Waals surface area (Å²) in [4.78, 5) is 22.1. The Labute approximate surface area is 217 Å². The van der Waals surface area contributed by atoms with Crippen LogP contribution in [0.3, 0.4) is 0 Å². The van der Waals surface area contributed by atoms with Crippen LogP contribution in [0.4, 0.5) is 0 Å². The molecule has 0 aliphatic heterocycles. The van der Waals surface area contributed by atoms with Crippen LogP contribution in [0.1, 0.15) is 5.56 Å². The van der Waals surface area contributed by atoms with Crippen molar-refractivity contribution in [3.05, 3.63) is 124 Å². The van der Waals surface area contributed by atoms with Gasteiger partial charge in [-0.15, -0.1) is 0 Å². The molecule has 0 bridgehead atoms. The highest BCUT2D eigenvalue weighted by molar-refractivity contribution is 7.99. The molecule has 36 heavy (non-hydrogen) atoms. The lowest BCUT2D eigenvalue weighted by molar-refractivity contribution is 0.652. The topological polar surface area (TPSA) is 50.7 Å². The van der Waals surface area contributed by atoms with Gasteiger partial charge in [-0.25, -0.2) is 4.98 Å². The molecule has 6 heteroatoms. The Morgan fingerprint density at radius 2 is 1.58 bits per heavy atom. The number of nitrogens with zero attached hydrogens (tertiary/aromatic N) is 2. The molecule has 0 spiro atoms. The van der Waals surface area contributed by atoms with Crippen LogP contribution in [0.25, 0.3) is 33.1 Å². The normalized spacial score (nSPS) is 11.4. The van der Waals surface area contributed by atoms with E-state index in [1.54, 1.807) is 6.07 Å². The molecule has 0 aliphatic rings. The molecule has 176 valence electrons. The monoisotopic (exact) mass is 507 g/mol. The fourth-order valence-corrected chi connectivity index (χ4v) is 5.84. The minimum atomic E-state index is -0.157. The molecule has 4 aromatic carbocycles. The van der Waals surface area contributed by atoms with Gasteiger partial charge in [0, 0.05) is 22.5 Å². The van der Waals surface area contributed by atoms with Crippen molar-refractivity contribution >= 4 is 45.3 Å². The molecule has 1 N–H and O–H groups in total. The van der Waals surface area contributed by atoms with Crippen LogP contribution < -0.4 is 5.56 Å². The van der Waals surface area contributed by atoms with Crippen LogP contribution in [-0.4, -0.2) is 14.5 Å². The number of benzene rings is 4. The zero-order valence-corrected chi connectivity index (χ0v) is 20.9. The van der Waals surface area contributed by atoms with Gasteiger partial charge >= 0.3 is 0 Å². The van der Waals surface area contributed by atoms with Crippen LogP contribution in [0.2, 0.25) is 5.02 Å². The van der Waals surface area contributed by atoms with Gasteiger partial charge in [0.15, 0.2) is 5.16 Å². The number of para-hydroxylation sites is 2. The Bertz CT molecular complexity index is 1740. The number of pyridine rings is 1. The van der Waals surface area contributed by atoms with Gasteiger partial charge in [0.25, 0.3) is 5.56 Å². The highest BCUT2D eigenvalue weighted by Crippen LogP contribution is 2.39. The molecule has 0 unspecified atom stereocenters. The van der Waals surface area contributed by atoms with Gasteiger partial charge in [0.2, 0.25) is 0 Å². The summed E-state index contributed by atoms with van der Waals surface area (Å²) in [5.41, 5.74) is 5.66. The molecule has 6 rings (SSSR count). The third-order valence-electron chi connectivity index (χ3n) is 6.27. The summed E-state index contributed by atoms with van der Waals surface area (Å²) in [6, 6.07) is 34.2. The van der Waals surface area contributed by atoms with E-state index in [4.69, 9.17) is 16.6 Å². The zero-order valence-electron chi connectivity index (χ0n) is 19.3. The second kappa shape index (κ2) is 9.69. The summed E-state index contributed by atoms with van der Waals surface area (Å²) in [6.45, 7) is 0.759. The molecule has 4 nitrogen and oxygen atoms in total. The van der Waals surface area contributed by atoms with Crippen molar-refractivity contribution in [3.63, 3.8) is 0 Å². The largest absolute Gasteiger partial charge is 0.321 e. The number of halogens is 1. The summed E-state index contributed by atoms with van der Waals surface area (Å²) in [5.74, 6) is 0. The maximum atomic E-state index is 13.5. The first kappa shape index (κ1) is 22.7. The summed E-state index contributed by atoms with van der Waals surface area (Å²) >= 11 is 7.67. The Balaban J connectivity index is 1.51. The van der Waals surface area contributed by atoms with E-state index in [9.17, 15) is 4.79 Å². The number of hydrogen-bond donors (Lipinski definition) is 1. The number of nitrogens with one attached hydrogen (secondary N) is 1. The molecule has 2 heterocycles. The number of fused-ring (bicyclic) bond motifs is 2. The van der Waals surface area contributed by atoms with Crippen LogP contribution >= 0.6 is 23.4 Å². The Morgan fingerprint density at radius 3 is 2.39 bits per heavy atom. The third-order valence-corrected chi connectivity index (χ3v) is 7.60. The number of aryl methyl sites for hydroxylation is 2. The van der Waals surface area contributed by atoms with Crippen LogP contribution in [0, 0.1) is 0 Å². The molecular formula is C30H22ClN3OS. The number of aromatic amines is 1. The van der Waals surface area contributed by atoms with E-state index in [1.165, 1.54) is 17.3 Å². The maximum Gasteiger partial charge on any atom is 0.263 e. The van der Waals surface area contributed by atoms with E-state index in [1.807, 2.05) is 66.7 Å². The summed E-state index contributed by atoms with van der Waals surface area (Å²) in [6.07, 6.45) is 0.868. The first-order valence-electron chi connectivity index (χ1n) is 11.8. The minimum absolute atomic E-state index is 0.157. The van der Waals surface area contributed by atoms with Crippen molar-refractivity contribution < 1.29 is 0 Å². The molecule has 0 aliphatic carbocycles. The number of aromatic nitrogens is 3. The van der Waals surface area contributed by atoms with Gasteiger partial charge in [-0.3, -0.25) is 4.79 Å². The molecule has 0 amide bonds. The summed E-state index contributed by atoms with van der Waals surface area (Å²) < 4.78 is 2.22. The van der Waals surface area contributed by atoms with Crippen molar-refractivity contribution in [1.29, 1.82) is 0 Å². The molecule has 2 aromatic heterocycles. The maximum absolute atomic E-state index is 13.5. The van der Waals surface area contributed by atoms with E-state index in [2.05, 4.69) is 39.9 Å². The van der Waals surface area contributed by atoms with Crippen LogP contribution in [0.15, 0.2) is 118 Å². The number of H-pyrrole nitrogens is 1. The van der Waals surface area contributed by atoms with Crippen LogP contribution in [-0.2, 0) is 13.0 Å². The SMILES string of the molecule is O=c1[nH]c2cc(Cl)ccc2c(-c2ccccc2)c1Sc1nc2ccccc2n1CCc1ccccc1. The molecule has 0 saturated heterocycles. The van der Waals surface area contributed by atoms with Gasteiger partial charge in [0.1, 0.15) is 0 Å². The zero-order chi connectivity index (χ0) is 24.5. The molecule has 0 radical (unpaired) electrons. The fraction of sp³-hybridized carbons (Fsp3) is 0.0667. The van der Waals surface area contributed by atoms with Crippen molar-refractivity contribution in [1.82, 2.24) is 14.5 Å².